The molecule has 4 aliphatic carbocycles. The van der Waals surface area contributed by atoms with Crippen LogP contribution in [0, 0.1) is 28.6 Å². The van der Waals surface area contributed by atoms with E-state index >= 15 is 0 Å². The molecule has 0 aromatic rings. The van der Waals surface area contributed by atoms with E-state index in [0.717, 1.165) is 5.57 Å². The van der Waals surface area contributed by atoms with Gasteiger partial charge >= 0.3 is 0 Å². The topological polar surface area (TPSA) is 138 Å². The molecule has 8 atom stereocenters. The Hall–Kier alpha value is -1.09. The van der Waals surface area contributed by atoms with Crippen LogP contribution in [-0.2, 0) is 4.79 Å². The number of aliphatic hydroxyl groups is 6. The van der Waals surface area contributed by atoms with Crippen molar-refractivity contribution in [2.45, 2.75) is 63.1 Å². The molecular weight excluding hydrogens is 364 g/mol. The Bertz CT molecular complexity index is 758. The fourth-order valence-corrected chi connectivity index (χ4v) is 7.09. The van der Waals surface area contributed by atoms with Gasteiger partial charge in [-0.2, -0.15) is 0 Å². The van der Waals surface area contributed by atoms with Crippen molar-refractivity contribution < 1.29 is 35.4 Å². The SMILES string of the molecule is C[C@]12C=CC(O)(O)C=C1CC[C@@H]1[C@@H]2C(O)C[C@@]2(C)[C@H]1CC(O)[C@]2(O)C(=O)CO. The molecule has 7 nitrogen and oxygen atoms in total. The molecule has 0 amide bonds. The van der Waals surface area contributed by atoms with Crippen LogP contribution in [0.15, 0.2) is 23.8 Å². The maximum absolute atomic E-state index is 12.4. The molecule has 0 heterocycles. The third-order valence-corrected chi connectivity index (χ3v) is 8.44. The number of hydrogen-bond acceptors (Lipinski definition) is 7. The Balaban J connectivity index is 1.77. The van der Waals surface area contributed by atoms with Crippen LogP contribution in [0.25, 0.3) is 0 Å². The average molecular weight is 394 g/mol. The van der Waals surface area contributed by atoms with Crippen LogP contribution < -0.4 is 0 Å². The monoisotopic (exact) mass is 394 g/mol. The summed E-state index contributed by atoms with van der Waals surface area (Å²) < 4.78 is 0. The molecule has 7 heteroatoms. The number of hydrogen-bond donors (Lipinski definition) is 6. The predicted molar refractivity (Wildman–Crippen MR) is 98.6 cm³/mol. The summed E-state index contributed by atoms with van der Waals surface area (Å²) in [5.41, 5.74) is -2.82. The van der Waals surface area contributed by atoms with Crippen molar-refractivity contribution in [1.82, 2.24) is 0 Å². The number of carbonyl (C=O) groups excluding carboxylic acids is 1. The Morgan fingerprint density at radius 1 is 1.18 bits per heavy atom. The molecule has 0 aromatic carbocycles. The van der Waals surface area contributed by atoms with Gasteiger partial charge in [-0.3, -0.25) is 4.79 Å². The second-order valence-corrected chi connectivity index (χ2v) is 9.69. The first-order valence-electron chi connectivity index (χ1n) is 10.0. The number of ketones is 1. The van der Waals surface area contributed by atoms with Crippen LogP contribution in [-0.4, -0.2) is 66.6 Å². The van der Waals surface area contributed by atoms with Gasteiger partial charge in [0.25, 0.3) is 0 Å². The molecule has 0 aliphatic heterocycles. The quantitative estimate of drug-likeness (QED) is 0.278. The van der Waals surface area contributed by atoms with Gasteiger partial charge in [-0.1, -0.05) is 25.5 Å². The van der Waals surface area contributed by atoms with Gasteiger partial charge in [-0.25, -0.2) is 0 Å². The van der Waals surface area contributed by atoms with E-state index in [1.54, 1.807) is 13.0 Å². The molecule has 0 radical (unpaired) electrons. The summed E-state index contributed by atoms with van der Waals surface area (Å²) in [6, 6.07) is 0. The van der Waals surface area contributed by atoms with Gasteiger partial charge < -0.3 is 30.6 Å². The third kappa shape index (κ3) is 2.35. The van der Waals surface area contributed by atoms with Crippen LogP contribution in [0.1, 0.15) is 39.5 Å². The predicted octanol–water partition coefficient (Wildman–Crippen LogP) is -0.360. The molecule has 0 spiro atoms. The lowest BCUT2D eigenvalue weighted by atomic mass is 9.46. The van der Waals surface area contributed by atoms with Crippen LogP contribution in [0.2, 0.25) is 0 Å². The van der Waals surface area contributed by atoms with Crippen LogP contribution >= 0.6 is 0 Å². The van der Waals surface area contributed by atoms with Gasteiger partial charge in [-0.15, -0.1) is 0 Å². The Kier molecular flexibility index (Phi) is 4.30. The summed E-state index contributed by atoms with van der Waals surface area (Å²) in [5, 5.41) is 62.3. The number of carbonyl (C=O) groups is 1. The zero-order chi connectivity index (χ0) is 20.7. The fourth-order valence-electron chi connectivity index (χ4n) is 7.09. The number of Topliss-reactive ketones (excluding diaryl/α,β-unsaturated/α-hetero) is 1. The first-order chi connectivity index (χ1) is 12.9. The minimum absolute atomic E-state index is 0.0550. The lowest BCUT2D eigenvalue weighted by Gasteiger charge is -2.59. The molecule has 28 heavy (non-hydrogen) atoms. The molecule has 0 aromatic heterocycles. The summed E-state index contributed by atoms with van der Waals surface area (Å²) in [6.45, 7) is 2.85. The van der Waals surface area contributed by atoms with E-state index in [1.165, 1.54) is 12.2 Å². The van der Waals surface area contributed by atoms with Gasteiger partial charge in [-0.05, 0) is 49.7 Å². The van der Waals surface area contributed by atoms with Crippen LogP contribution in [0.4, 0.5) is 0 Å². The van der Waals surface area contributed by atoms with Gasteiger partial charge in [0.15, 0.2) is 11.4 Å². The number of fused-ring (bicyclic) bond motifs is 5. The Labute approximate surface area is 164 Å². The first kappa shape index (κ1) is 20.2. The van der Waals surface area contributed by atoms with E-state index in [9.17, 15) is 35.4 Å². The highest BCUT2D eigenvalue weighted by molar-refractivity contribution is 5.90. The van der Waals surface area contributed by atoms with Crippen molar-refractivity contribution in [2.75, 3.05) is 6.61 Å². The van der Waals surface area contributed by atoms with Crippen LogP contribution in [0.5, 0.6) is 0 Å². The maximum Gasteiger partial charge on any atom is 0.203 e. The van der Waals surface area contributed by atoms with E-state index in [2.05, 4.69) is 0 Å². The largest absolute Gasteiger partial charge is 0.393 e. The van der Waals surface area contributed by atoms with Crippen LogP contribution in [0.3, 0.4) is 0 Å². The molecule has 3 fully saturated rings. The normalized spacial score (nSPS) is 51.7. The molecule has 2 unspecified atom stereocenters. The van der Waals surface area contributed by atoms with Crippen molar-refractivity contribution >= 4 is 5.78 Å². The number of rotatable bonds is 2. The van der Waals surface area contributed by atoms with E-state index in [4.69, 9.17) is 0 Å². The van der Waals surface area contributed by atoms with E-state index in [0.29, 0.717) is 12.8 Å². The summed E-state index contributed by atoms with van der Waals surface area (Å²) in [4.78, 5) is 12.4. The fraction of sp³-hybridized carbons (Fsp3) is 0.762. The van der Waals surface area contributed by atoms with Gasteiger partial charge in [0, 0.05) is 16.7 Å². The minimum Gasteiger partial charge on any atom is -0.393 e. The highest BCUT2D eigenvalue weighted by Crippen LogP contribution is 2.67. The molecule has 6 N–H and O–H groups in total. The van der Waals surface area contributed by atoms with Crippen molar-refractivity contribution in [3.8, 4) is 0 Å². The standard InChI is InChI=1S/C21H30O7/c1-18-5-6-20(26,27)8-11(18)3-4-12-13-7-15(24)21(28,16(25)10-22)19(13,2)9-14(23)17(12)18/h5-6,8,12-15,17,22-24,26-28H,3-4,7,9-10H2,1-2H3/t12-,13-,14?,15?,17+,18-,19-,21-/m0/s1. The van der Waals surface area contributed by atoms with E-state index in [1.807, 2.05) is 6.92 Å². The molecule has 0 saturated heterocycles. The van der Waals surface area contributed by atoms with Gasteiger partial charge in [0.05, 0.1) is 12.2 Å². The van der Waals surface area contributed by atoms with Gasteiger partial charge in [0.1, 0.15) is 6.61 Å². The number of aliphatic hydroxyl groups excluding tert-OH is 3. The lowest BCUT2D eigenvalue weighted by Crippen LogP contribution is -2.63. The van der Waals surface area contributed by atoms with Crippen molar-refractivity contribution in [3.63, 3.8) is 0 Å². The average Bonchev–Trinajstić information content (AvgIpc) is 2.82. The highest BCUT2D eigenvalue weighted by Gasteiger charge is 2.71. The van der Waals surface area contributed by atoms with Gasteiger partial charge in [0.2, 0.25) is 5.79 Å². The van der Waals surface area contributed by atoms with E-state index < -0.39 is 46.8 Å². The van der Waals surface area contributed by atoms with Crippen molar-refractivity contribution in [1.29, 1.82) is 0 Å². The molecule has 4 rings (SSSR count). The first-order valence-corrected chi connectivity index (χ1v) is 10.0. The Morgan fingerprint density at radius 3 is 2.50 bits per heavy atom. The second kappa shape index (κ2) is 5.97. The lowest BCUT2D eigenvalue weighted by molar-refractivity contribution is -0.190. The molecule has 0 bridgehead atoms. The third-order valence-electron chi connectivity index (χ3n) is 8.44. The Morgan fingerprint density at radius 2 is 1.86 bits per heavy atom. The second-order valence-electron chi connectivity index (χ2n) is 9.69. The minimum atomic E-state index is -2.08. The zero-order valence-corrected chi connectivity index (χ0v) is 16.2. The smallest absolute Gasteiger partial charge is 0.203 e. The molecule has 3 saturated carbocycles. The van der Waals surface area contributed by atoms with Crippen molar-refractivity contribution in [3.05, 3.63) is 23.8 Å². The summed E-state index contributed by atoms with van der Waals surface area (Å²) in [6.07, 6.45) is 4.00. The van der Waals surface area contributed by atoms with E-state index in [-0.39, 0.29) is 30.6 Å². The number of allylic oxidation sites excluding steroid dienone is 2. The summed E-state index contributed by atoms with van der Waals surface area (Å²) in [5.74, 6) is -3.27. The maximum atomic E-state index is 12.4. The molecule has 156 valence electrons. The molecule has 4 aliphatic rings. The summed E-state index contributed by atoms with van der Waals surface area (Å²) in [7, 11) is 0. The molecular formula is C21H30O7. The highest BCUT2D eigenvalue weighted by atomic mass is 16.5. The zero-order valence-electron chi connectivity index (χ0n) is 16.2. The van der Waals surface area contributed by atoms with Crippen molar-refractivity contribution in [2.24, 2.45) is 28.6 Å². The summed E-state index contributed by atoms with van der Waals surface area (Å²) >= 11 is 0.